The van der Waals surface area contributed by atoms with Crippen molar-refractivity contribution in [1.29, 1.82) is 0 Å². The molecule has 46 heavy (non-hydrogen) atoms. The number of unbranched alkanes of at least 4 members (excludes halogenated alkanes) is 9. The van der Waals surface area contributed by atoms with E-state index in [1.807, 2.05) is 18.2 Å². The minimum absolute atomic E-state index is 0.0329. The molecule has 0 aliphatic heterocycles. The number of carbonyl (C=O) groups excluding carboxylic acids is 2. The van der Waals surface area contributed by atoms with Gasteiger partial charge in [0, 0.05) is 23.8 Å². The highest BCUT2D eigenvalue weighted by Gasteiger charge is 2.18. The average Bonchev–Trinajstić information content (AvgIpc) is 3.04. The van der Waals surface area contributed by atoms with Gasteiger partial charge in [0.05, 0.1) is 23.3 Å². The van der Waals surface area contributed by atoms with E-state index in [1.54, 1.807) is 24.3 Å². The number of hydrogen-bond acceptors (Lipinski definition) is 8. The topological polar surface area (TPSA) is 145 Å². The molecule has 8 nitrogen and oxygen atoms in total. The van der Waals surface area contributed by atoms with Crippen molar-refractivity contribution in [3.63, 3.8) is 0 Å². The van der Waals surface area contributed by atoms with Crippen LogP contribution < -0.4 is 4.74 Å². The largest absolute Gasteiger partial charge is 0.508 e. The zero-order valence-corrected chi connectivity index (χ0v) is 26.3. The van der Waals surface area contributed by atoms with Gasteiger partial charge < -0.3 is 30.3 Å². The van der Waals surface area contributed by atoms with E-state index in [1.165, 1.54) is 88.1 Å². The maximum atomic E-state index is 12.4. The van der Waals surface area contributed by atoms with Crippen molar-refractivity contribution in [3.8, 4) is 34.5 Å². The Morgan fingerprint density at radius 3 is 1.48 bits per heavy atom. The number of phenols is 5. The zero-order valence-electron chi connectivity index (χ0n) is 26.3. The number of phenolic OH excluding ortho intramolecular Hbond substituents is 5. The summed E-state index contributed by atoms with van der Waals surface area (Å²) in [5, 5.41) is 47.6. The van der Waals surface area contributed by atoms with Gasteiger partial charge in [-0.1, -0.05) is 95.0 Å². The molecule has 0 radical (unpaired) electrons. The van der Waals surface area contributed by atoms with Crippen LogP contribution in [0.15, 0.2) is 84.9 Å². The van der Waals surface area contributed by atoms with Crippen molar-refractivity contribution in [2.24, 2.45) is 0 Å². The molecule has 0 atom stereocenters. The number of ether oxygens (including phenoxy) is 1. The maximum absolute atomic E-state index is 12.4. The lowest BCUT2D eigenvalue weighted by Gasteiger charge is -2.09. The first-order chi connectivity index (χ1) is 22.2. The van der Waals surface area contributed by atoms with Gasteiger partial charge in [0.1, 0.15) is 34.5 Å². The monoisotopic (exact) mass is 628 g/mol. The minimum Gasteiger partial charge on any atom is -0.508 e. The molecular weight excluding hydrogens is 584 g/mol. The van der Waals surface area contributed by atoms with E-state index in [0.29, 0.717) is 23.5 Å². The number of benzene rings is 4. The Labute approximate surface area is 270 Å². The molecule has 0 saturated heterocycles. The first-order valence-electron chi connectivity index (χ1n) is 15.9. The smallest absolute Gasteiger partial charge is 0.200 e. The lowest BCUT2D eigenvalue weighted by atomic mass is 10.0. The number of carbonyl (C=O) groups is 2. The van der Waals surface area contributed by atoms with Crippen LogP contribution in [0.4, 0.5) is 0 Å². The summed E-state index contributed by atoms with van der Waals surface area (Å²) in [6, 6.07) is 21.0. The maximum Gasteiger partial charge on any atom is 0.200 e. The zero-order chi connectivity index (χ0) is 33.3. The van der Waals surface area contributed by atoms with E-state index < -0.39 is 5.78 Å². The number of aromatic hydroxyl groups is 5. The van der Waals surface area contributed by atoms with Gasteiger partial charge in [-0.15, -0.1) is 0 Å². The fraction of sp³-hybridized carbons (Fsp3) is 0.316. The van der Waals surface area contributed by atoms with Gasteiger partial charge >= 0.3 is 0 Å². The van der Waals surface area contributed by atoms with Crippen molar-refractivity contribution in [2.45, 2.75) is 71.1 Å². The minimum atomic E-state index is -0.606. The van der Waals surface area contributed by atoms with Gasteiger partial charge in [-0.05, 0) is 42.8 Å². The second kappa shape index (κ2) is 18.7. The highest BCUT2D eigenvalue weighted by molar-refractivity contribution is 6.12. The molecule has 0 unspecified atom stereocenters. The van der Waals surface area contributed by atoms with Crippen LogP contribution in [-0.4, -0.2) is 43.7 Å². The van der Waals surface area contributed by atoms with Gasteiger partial charge in [0.25, 0.3) is 0 Å². The Morgan fingerprint density at radius 2 is 0.978 bits per heavy atom. The summed E-state index contributed by atoms with van der Waals surface area (Å²) >= 11 is 0. The van der Waals surface area contributed by atoms with Crippen LogP contribution in [0.5, 0.6) is 34.5 Å². The Kier molecular flexibility index (Phi) is 14.5. The normalized spacial score (nSPS) is 10.5. The fourth-order valence-corrected chi connectivity index (χ4v) is 4.89. The van der Waals surface area contributed by atoms with Crippen LogP contribution in [0.2, 0.25) is 0 Å². The van der Waals surface area contributed by atoms with E-state index in [0.717, 1.165) is 18.6 Å². The molecule has 244 valence electrons. The molecule has 0 aromatic heterocycles. The second-order valence-corrected chi connectivity index (χ2v) is 11.1. The van der Waals surface area contributed by atoms with Crippen molar-refractivity contribution in [3.05, 3.63) is 107 Å². The van der Waals surface area contributed by atoms with E-state index >= 15 is 0 Å². The van der Waals surface area contributed by atoms with Crippen LogP contribution in [0, 0.1) is 0 Å². The lowest BCUT2D eigenvalue weighted by Crippen LogP contribution is -2.02. The molecule has 4 rings (SSSR count). The third kappa shape index (κ3) is 11.2. The Hall–Kier alpha value is -4.98. The quantitative estimate of drug-likeness (QED) is 0.0612. The molecule has 8 heteroatoms. The van der Waals surface area contributed by atoms with Gasteiger partial charge in [-0.3, -0.25) is 9.59 Å². The molecule has 0 aliphatic carbocycles. The summed E-state index contributed by atoms with van der Waals surface area (Å²) in [6.45, 7) is 2.89. The molecule has 0 aliphatic rings. The van der Waals surface area contributed by atoms with Crippen molar-refractivity contribution >= 4 is 11.6 Å². The molecule has 0 saturated carbocycles. The lowest BCUT2D eigenvalue weighted by molar-refractivity contribution is 0.102. The van der Waals surface area contributed by atoms with Gasteiger partial charge in [0.2, 0.25) is 0 Å². The Bertz CT molecular complexity index is 1490. The SMILES string of the molecule is CCCCCCCCCCCCOc1ccc(C(=O)c2ccccc2)c(O)c1.O=C(c1ccc(O)cc1O)c1ccc(O)cc1O. The Balaban J connectivity index is 0.000000275. The second-order valence-electron chi connectivity index (χ2n) is 11.1. The van der Waals surface area contributed by atoms with Crippen LogP contribution in [0.3, 0.4) is 0 Å². The fourth-order valence-electron chi connectivity index (χ4n) is 4.89. The molecule has 0 fully saturated rings. The first kappa shape index (κ1) is 35.5. The number of rotatable bonds is 16. The van der Waals surface area contributed by atoms with E-state index in [9.17, 15) is 24.9 Å². The average molecular weight is 629 g/mol. The summed E-state index contributed by atoms with van der Waals surface area (Å²) in [5.41, 5.74) is 0.775. The molecule has 0 bridgehead atoms. The Morgan fingerprint density at radius 1 is 0.522 bits per heavy atom. The highest BCUT2D eigenvalue weighted by Crippen LogP contribution is 2.30. The summed E-state index contributed by atoms with van der Waals surface area (Å²) in [5.74, 6) is -1.31. The molecule has 4 aromatic carbocycles. The molecule has 0 heterocycles. The van der Waals surface area contributed by atoms with Crippen LogP contribution in [0.1, 0.15) is 103 Å². The molecule has 0 spiro atoms. The standard InChI is InChI=1S/C25H34O3.C13H10O5/c1-2-3-4-5-6-7-8-9-10-14-19-28-22-17-18-23(24(26)20-22)25(27)21-15-12-11-13-16-21;14-7-1-3-9(11(16)5-7)13(18)10-4-2-8(15)6-12(10)17/h11-13,15-18,20,26H,2-10,14,19H2,1H3;1-6,14-17H. The van der Waals surface area contributed by atoms with E-state index in [-0.39, 0.29) is 45.7 Å². The van der Waals surface area contributed by atoms with Crippen molar-refractivity contribution in [2.75, 3.05) is 6.61 Å². The first-order valence-corrected chi connectivity index (χ1v) is 15.9. The predicted octanol–water partition coefficient (Wildman–Crippen LogP) is 8.66. The van der Waals surface area contributed by atoms with Crippen LogP contribution in [0.25, 0.3) is 0 Å². The van der Waals surface area contributed by atoms with E-state index in [4.69, 9.17) is 14.9 Å². The third-order valence-electron chi connectivity index (χ3n) is 7.47. The summed E-state index contributed by atoms with van der Waals surface area (Å²) < 4.78 is 5.73. The molecule has 5 N–H and O–H groups in total. The summed E-state index contributed by atoms with van der Waals surface area (Å²) in [6.07, 6.45) is 12.9. The number of ketones is 2. The van der Waals surface area contributed by atoms with E-state index in [2.05, 4.69) is 6.92 Å². The summed E-state index contributed by atoms with van der Waals surface area (Å²) in [4.78, 5) is 24.5. The molecular formula is C38H44O8. The van der Waals surface area contributed by atoms with Crippen LogP contribution >= 0.6 is 0 Å². The molecule has 0 amide bonds. The van der Waals surface area contributed by atoms with Gasteiger partial charge in [0.15, 0.2) is 11.6 Å². The van der Waals surface area contributed by atoms with Crippen LogP contribution in [-0.2, 0) is 0 Å². The van der Waals surface area contributed by atoms with Crippen molar-refractivity contribution < 1.29 is 39.9 Å². The highest BCUT2D eigenvalue weighted by atomic mass is 16.5. The third-order valence-corrected chi connectivity index (χ3v) is 7.47. The number of hydrogen-bond donors (Lipinski definition) is 5. The molecule has 4 aromatic rings. The predicted molar refractivity (Wildman–Crippen MR) is 178 cm³/mol. The van der Waals surface area contributed by atoms with Gasteiger partial charge in [-0.25, -0.2) is 0 Å². The van der Waals surface area contributed by atoms with Crippen molar-refractivity contribution in [1.82, 2.24) is 0 Å². The summed E-state index contributed by atoms with van der Waals surface area (Å²) in [7, 11) is 0. The van der Waals surface area contributed by atoms with Gasteiger partial charge in [-0.2, -0.15) is 0 Å².